The molecule has 1 aliphatic heterocycles. The number of benzene rings is 2. The molecule has 3 aromatic rings. The second kappa shape index (κ2) is 8.43. The van der Waals surface area contributed by atoms with Crippen molar-refractivity contribution in [3.63, 3.8) is 0 Å². The van der Waals surface area contributed by atoms with Crippen LogP contribution in [0.2, 0.25) is 0 Å². The molecule has 3 atom stereocenters. The third kappa shape index (κ3) is 3.69. The van der Waals surface area contributed by atoms with Gasteiger partial charge in [-0.2, -0.15) is 0 Å². The molecule has 1 fully saturated rings. The Hall–Kier alpha value is -3.12. The van der Waals surface area contributed by atoms with Crippen LogP contribution in [0.15, 0.2) is 48.8 Å². The Balaban J connectivity index is 1.52. The standard InChI is InChI=1S/C26H28FN3O2/c1-16-18-7-4-6-17(19(18)12-13-28-16)14-30-15-20(25-21(27)8-5-10-23(25)30)26(32)29-22-9-2-3-11-24(22)31/h4-8,10,12-13,15-16,22,24,28,31H,2-3,9,11,14H2,1H3,(H,29,32)/t16?,22-,24-/m0/s1. The molecule has 1 unspecified atom stereocenters. The van der Waals surface area contributed by atoms with E-state index in [0.717, 1.165) is 30.4 Å². The predicted octanol–water partition coefficient (Wildman–Crippen LogP) is 4.50. The van der Waals surface area contributed by atoms with Crippen molar-refractivity contribution in [2.24, 2.45) is 0 Å². The van der Waals surface area contributed by atoms with E-state index >= 15 is 0 Å². The summed E-state index contributed by atoms with van der Waals surface area (Å²) < 4.78 is 16.8. The molecule has 2 heterocycles. The van der Waals surface area contributed by atoms with Gasteiger partial charge >= 0.3 is 0 Å². The number of amides is 1. The maximum absolute atomic E-state index is 14.9. The third-order valence-corrected chi connectivity index (χ3v) is 6.78. The highest BCUT2D eigenvalue weighted by atomic mass is 19.1. The fourth-order valence-corrected chi connectivity index (χ4v) is 5.04. The SMILES string of the molecule is CC1NC=Cc2c(Cn3cc(C(=O)N[C@H]4CCCC[C@@H]4O)c4c(F)cccc43)cccc21. The topological polar surface area (TPSA) is 66.3 Å². The molecule has 5 rings (SSSR count). The van der Waals surface area contributed by atoms with Gasteiger partial charge in [0, 0.05) is 24.2 Å². The average Bonchev–Trinajstić information content (AvgIpc) is 3.16. The van der Waals surface area contributed by atoms with Crippen LogP contribution in [0.4, 0.5) is 4.39 Å². The number of halogens is 1. The van der Waals surface area contributed by atoms with Gasteiger partial charge in [-0.15, -0.1) is 0 Å². The van der Waals surface area contributed by atoms with Crippen LogP contribution in [0.25, 0.3) is 17.0 Å². The van der Waals surface area contributed by atoms with Crippen LogP contribution in [0.3, 0.4) is 0 Å². The van der Waals surface area contributed by atoms with Crippen LogP contribution in [0, 0.1) is 5.82 Å². The van der Waals surface area contributed by atoms with Gasteiger partial charge in [-0.05, 0) is 60.9 Å². The van der Waals surface area contributed by atoms with Crippen molar-refractivity contribution in [3.05, 3.63) is 76.9 Å². The van der Waals surface area contributed by atoms with Gasteiger partial charge in [0.1, 0.15) is 5.82 Å². The Kier molecular flexibility index (Phi) is 5.47. The lowest BCUT2D eigenvalue weighted by atomic mass is 9.92. The highest BCUT2D eigenvalue weighted by Gasteiger charge is 2.27. The fourth-order valence-electron chi connectivity index (χ4n) is 5.04. The minimum atomic E-state index is -0.552. The molecule has 0 spiro atoms. The molecule has 1 amide bonds. The fraction of sp³-hybridized carbons (Fsp3) is 0.346. The van der Waals surface area contributed by atoms with Gasteiger partial charge in [0.25, 0.3) is 5.91 Å². The van der Waals surface area contributed by atoms with Gasteiger partial charge < -0.3 is 20.3 Å². The minimum Gasteiger partial charge on any atom is -0.391 e. The van der Waals surface area contributed by atoms with Crippen molar-refractivity contribution < 1.29 is 14.3 Å². The van der Waals surface area contributed by atoms with Crippen molar-refractivity contribution in [1.29, 1.82) is 0 Å². The van der Waals surface area contributed by atoms with E-state index in [1.807, 2.05) is 22.9 Å². The molecule has 1 aliphatic carbocycles. The van der Waals surface area contributed by atoms with E-state index in [1.54, 1.807) is 12.3 Å². The van der Waals surface area contributed by atoms with Crippen LogP contribution >= 0.6 is 0 Å². The number of carbonyl (C=O) groups excluding carboxylic acids is 1. The number of aliphatic hydroxyl groups is 1. The van der Waals surface area contributed by atoms with Crippen molar-refractivity contribution >= 4 is 22.9 Å². The number of rotatable bonds is 4. The monoisotopic (exact) mass is 433 g/mol. The highest BCUT2D eigenvalue weighted by Crippen LogP contribution is 2.30. The van der Waals surface area contributed by atoms with Crippen LogP contribution in [0.1, 0.15) is 65.7 Å². The van der Waals surface area contributed by atoms with Crippen molar-refractivity contribution in [3.8, 4) is 0 Å². The second-order valence-electron chi connectivity index (χ2n) is 8.88. The Bertz CT molecular complexity index is 1200. The summed E-state index contributed by atoms with van der Waals surface area (Å²) in [5.41, 5.74) is 4.49. The molecule has 6 heteroatoms. The normalized spacial score (nSPS) is 22.4. The maximum atomic E-state index is 14.9. The van der Waals surface area contributed by atoms with Crippen molar-refractivity contribution in [2.45, 2.75) is 57.3 Å². The lowest BCUT2D eigenvalue weighted by Gasteiger charge is -2.28. The number of nitrogens with zero attached hydrogens (tertiary/aromatic N) is 1. The Morgan fingerprint density at radius 1 is 1.22 bits per heavy atom. The largest absolute Gasteiger partial charge is 0.391 e. The predicted molar refractivity (Wildman–Crippen MR) is 124 cm³/mol. The zero-order chi connectivity index (χ0) is 22.2. The number of fused-ring (bicyclic) bond motifs is 2. The first-order valence-electron chi connectivity index (χ1n) is 11.3. The summed E-state index contributed by atoms with van der Waals surface area (Å²) in [7, 11) is 0. The van der Waals surface area contributed by atoms with Crippen molar-refractivity contribution in [2.75, 3.05) is 0 Å². The molecule has 3 N–H and O–H groups in total. The molecule has 0 saturated heterocycles. The van der Waals surface area contributed by atoms with Crippen LogP contribution in [-0.4, -0.2) is 27.7 Å². The molecule has 1 saturated carbocycles. The second-order valence-corrected chi connectivity index (χ2v) is 8.88. The Morgan fingerprint density at radius 2 is 2.03 bits per heavy atom. The van der Waals surface area contributed by atoms with Crippen LogP contribution < -0.4 is 10.6 Å². The third-order valence-electron chi connectivity index (χ3n) is 6.78. The number of carbonyl (C=O) groups is 1. The summed E-state index contributed by atoms with van der Waals surface area (Å²) in [6, 6.07) is 11.1. The number of aliphatic hydroxyl groups excluding tert-OH is 1. The van der Waals surface area contributed by atoms with E-state index in [-0.39, 0.29) is 18.0 Å². The lowest BCUT2D eigenvalue weighted by molar-refractivity contribution is 0.0718. The zero-order valence-electron chi connectivity index (χ0n) is 18.1. The van der Waals surface area contributed by atoms with Gasteiger partial charge in [-0.1, -0.05) is 37.1 Å². The first kappa shape index (κ1) is 20.8. The molecular formula is C26H28FN3O2. The summed E-state index contributed by atoms with van der Waals surface area (Å²) in [4.78, 5) is 13.1. The van der Waals surface area contributed by atoms with E-state index in [2.05, 4.69) is 35.8 Å². The first-order valence-corrected chi connectivity index (χ1v) is 11.3. The number of hydrogen-bond acceptors (Lipinski definition) is 3. The van der Waals surface area contributed by atoms with Gasteiger partial charge in [-0.3, -0.25) is 4.79 Å². The van der Waals surface area contributed by atoms with Gasteiger partial charge in [0.05, 0.1) is 23.2 Å². The quantitative estimate of drug-likeness (QED) is 0.568. The molecule has 2 aromatic carbocycles. The first-order chi connectivity index (χ1) is 15.5. The maximum Gasteiger partial charge on any atom is 0.253 e. The molecule has 1 aromatic heterocycles. The zero-order valence-corrected chi connectivity index (χ0v) is 18.1. The molecule has 5 nitrogen and oxygen atoms in total. The van der Waals surface area contributed by atoms with Crippen molar-refractivity contribution in [1.82, 2.24) is 15.2 Å². The van der Waals surface area contributed by atoms with E-state index in [4.69, 9.17) is 0 Å². The lowest BCUT2D eigenvalue weighted by Crippen LogP contribution is -2.45. The van der Waals surface area contributed by atoms with E-state index in [1.165, 1.54) is 11.6 Å². The van der Waals surface area contributed by atoms with Gasteiger partial charge in [-0.25, -0.2) is 4.39 Å². The molecule has 2 aliphatic rings. The summed E-state index contributed by atoms with van der Waals surface area (Å²) in [5, 5.41) is 16.9. The summed E-state index contributed by atoms with van der Waals surface area (Å²) in [5.74, 6) is -0.749. The number of hydrogen-bond donors (Lipinski definition) is 3. The number of nitrogens with one attached hydrogen (secondary N) is 2. The number of aromatic nitrogens is 1. The molecule has 0 bridgehead atoms. The Labute approximate surface area is 186 Å². The van der Waals surface area contributed by atoms with Gasteiger partial charge in [0.2, 0.25) is 0 Å². The highest BCUT2D eigenvalue weighted by molar-refractivity contribution is 6.07. The summed E-state index contributed by atoms with van der Waals surface area (Å²) in [6.45, 7) is 2.65. The van der Waals surface area contributed by atoms with E-state index in [0.29, 0.717) is 29.4 Å². The van der Waals surface area contributed by atoms with Gasteiger partial charge in [0.15, 0.2) is 0 Å². The van der Waals surface area contributed by atoms with E-state index in [9.17, 15) is 14.3 Å². The molecule has 32 heavy (non-hydrogen) atoms. The molecular weight excluding hydrogens is 405 g/mol. The van der Waals surface area contributed by atoms with Crippen LogP contribution in [0.5, 0.6) is 0 Å². The molecule has 0 radical (unpaired) electrons. The Morgan fingerprint density at radius 3 is 2.88 bits per heavy atom. The van der Waals surface area contributed by atoms with E-state index < -0.39 is 11.9 Å². The average molecular weight is 434 g/mol. The smallest absolute Gasteiger partial charge is 0.253 e. The summed E-state index contributed by atoms with van der Waals surface area (Å²) in [6.07, 6.45) is 8.57. The summed E-state index contributed by atoms with van der Waals surface area (Å²) >= 11 is 0. The minimum absolute atomic E-state index is 0.220. The molecule has 166 valence electrons. The van der Waals surface area contributed by atoms with Crippen LogP contribution in [-0.2, 0) is 6.54 Å².